The lowest BCUT2D eigenvalue weighted by atomic mass is 10.2. The molecule has 0 aliphatic rings. The van der Waals surface area contributed by atoms with Crippen molar-refractivity contribution in [3.63, 3.8) is 0 Å². The summed E-state index contributed by atoms with van der Waals surface area (Å²) in [6.07, 6.45) is -0.584. The van der Waals surface area contributed by atoms with Gasteiger partial charge in [-0.05, 0) is 0 Å². The molecule has 0 radical (unpaired) electrons. The average Bonchev–Trinajstić information content (AvgIpc) is 2.15. The third-order valence-electron chi connectivity index (χ3n) is 1.67. The topological polar surface area (TPSA) is 165 Å². The van der Waals surface area contributed by atoms with Gasteiger partial charge >= 0.3 is 12.0 Å². The monoisotopic (exact) mass is 246 g/mol. The molecule has 0 aromatic carbocycles. The molecule has 7 N–H and O–H groups in total. The largest absolute Gasteiger partial charge is 0.480 e. The van der Waals surface area contributed by atoms with Crippen LogP contribution in [0.2, 0.25) is 0 Å². The van der Waals surface area contributed by atoms with Crippen LogP contribution in [0.1, 0.15) is 12.8 Å². The van der Waals surface area contributed by atoms with E-state index in [0.29, 0.717) is 0 Å². The lowest BCUT2D eigenvalue weighted by Gasteiger charge is -2.13. The third-order valence-corrected chi connectivity index (χ3v) is 1.67. The molecule has 9 nitrogen and oxygen atoms in total. The highest BCUT2D eigenvalue weighted by Crippen LogP contribution is 1.91. The normalized spacial score (nSPS) is 11.3. The van der Waals surface area contributed by atoms with Gasteiger partial charge in [-0.3, -0.25) is 9.59 Å². The summed E-state index contributed by atoms with van der Waals surface area (Å²) < 4.78 is 0. The second kappa shape index (κ2) is 7.04. The van der Waals surface area contributed by atoms with Gasteiger partial charge in [0.15, 0.2) is 0 Å². The van der Waals surface area contributed by atoms with Gasteiger partial charge in [-0.25, -0.2) is 9.59 Å². The van der Waals surface area contributed by atoms with Crippen LogP contribution in [0.5, 0.6) is 0 Å². The van der Waals surface area contributed by atoms with Crippen molar-refractivity contribution in [3.05, 3.63) is 0 Å². The fourth-order valence-electron chi connectivity index (χ4n) is 0.910. The van der Waals surface area contributed by atoms with E-state index in [0.717, 1.165) is 0 Å². The zero-order valence-electron chi connectivity index (χ0n) is 8.93. The number of carbonyl (C=O) groups excluding carboxylic acids is 3. The van der Waals surface area contributed by atoms with Gasteiger partial charge in [0.2, 0.25) is 11.8 Å². The summed E-state index contributed by atoms with van der Waals surface area (Å²) in [5.41, 5.74) is 9.64. The van der Waals surface area contributed by atoms with E-state index in [9.17, 15) is 19.2 Å². The van der Waals surface area contributed by atoms with Crippen LogP contribution in [0.3, 0.4) is 0 Å². The van der Waals surface area contributed by atoms with Gasteiger partial charge in [-0.2, -0.15) is 0 Å². The molecule has 0 spiro atoms. The molecular weight excluding hydrogens is 232 g/mol. The quantitative estimate of drug-likeness (QED) is 0.334. The molecule has 0 unspecified atom stereocenters. The summed E-state index contributed by atoms with van der Waals surface area (Å²) in [6.45, 7) is -0.0237. The molecule has 17 heavy (non-hydrogen) atoms. The minimum absolute atomic E-state index is 0.0237. The Morgan fingerprint density at radius 3 is 2.12 bits per heavy atom. The maximum atomic E-state index is 11.1. The number of hydrogen-bond acceptors (Lipinski definition) is 4. The number of hydrogen-bond donors (Lipinski definition) is 5. The standard InChI is InChI=1S/C8H14N4O5/c9-5(13)1-2-11-8(17)12-4(7(15)16)3-6(10)14/h4H,1-3H2,(H2,9,13)(H2,10,14)(H,15,16)(H2,11,12,17)/t4-/m0/s1. The number of urea groups is 1. The fraction of sp³-hybridized carbons (Fsp3) is 0.500. The minimum Gasteiger partial charge on any atom is -0.480 e. The van der Waals surface area contributed by atoms with Crippen molar-refractivity contribution in [2.45, 2.75) is 18.9 Å². The number of nitrogens with two attached hydrogens (primary N) is 2. The number of carboxylic acid groups (broad SMARTS) is 1. The van der Waals surface area contributed by atoms with Gasteiger partial charge in [0.05, 0.1) is 6.42 Å². The number of primary amides is 2. The average molecular weight is 246 g/mol. The van der Waals surface area contributed by atoms with Crippen LogP contribution in [-0.2, 0) is 14.4 Å². The molecule has 0 aromatic heterocycles. The molecule has 0 saturated carbocycles. The van der Waals surface area contributed by atoms with Crippen molar-refractivity contribution in [1.82, 2.24) is 10.6 Å². The van der Waals surface area contributed by atoms with Crippen LogP contribution < -0.4 is 22.1 Å². The number of amides is 4. The third kappa shape index (κ3) is 7.59. The Kier molecular flexibility index (Phi) is 6.08. The predicted octanol–water partition coefficient (Wildman–Crippen LogP) is -2.51. The van der Waals surface area contributed by atoms with E-state index in [1.165, 1.54) is 0 Å². The highest BCUT2D eigenvalue weighted by Gasteiger charge is 2.21. The SMILES string of the molecule is NC(=O)CCNC(=O)N[C@@H](CC(N)=O)C(=O)O. The Hall–Kier alpha value is -2.32. The van der Waals surface area contributed by atoms with Crippen molar-refractivity contribution >= 4 is 23.8 Å². The fourth-order valence-corrected chi connectivity index (χ4v) is 0.910. The van der Waals surface area contributed by atoms with Crippen molar-refractivity contribution in [1.29, 1.82) is 0 Å². The van der Waals surface area contributed by atoms with Crippen molar-refractivity contribution in [3.8, 4) is 0 Å². The first-order chi connectivity index (χ1) is 7.82. The van der Waals surface area contributed by atoms with Gasteiger partial charge < -0.3 is 27.2 Å². The van der Waals surface area contributed by atoms with Crippen LogP contribution >= 0.6 is 0 Å². The van der Waals surface area contributed by atoms with Crippen LogP contribution in [0.4, 0.5) is 4.79 Å². The molecule has 0 rings (SSSR count). The smallest absolute Gasteiger partial charge is 0.326 e. The molecule has 96 valence electrons. The second-order valence-corrected chi connectivity index (χ2v) is 3.18. The van der Waals surface area contributed by atoms with E-state index in [2.05, 4.69) is 5.32 Å². The number of nitrogens with one attached hydrogen (secondary N) is 2. The maximum Gasteiger partial charge on any atom is 0.326 e. The van der Waals surface area contributed by atoms with Gasteiger partial charge in [0.1, 0.15) is 6.04 Å². The number of carboxylic acids is 1. The van der Waals surface area contributed by atoms with Gasteiger partial charge in [-0.15, -0.1) is 0 Å². The number of carbonyl (C=O) groups is 4. The molecule has 0 saturated heterocycles. The lowest BCUT2D eigenvalue weighted by Crippen LogP contribution is -2.48. The van der Waals surface area contributed by atoms with Crippen molar-refractivity contribution < 1.29 is 24.3 Å². The molecule has 0 aliphatic carbocycles. The van der Waals surface area contributed by atoms with Crippen LogP contribution in [0.25, 0.3) is 0 Å². The summed E-state index contributed by atoms with van der Waals surface area (Å²) in [6, 6.07) is -2.22. The van der Waals surface area contributed by atoms with Gasteiger partial charge in [0.25, 0.3) is 0 Å². The van der Waals surface area contributed by atoms with Gasteiger partial charge in [0, 0.05) is 13.0 Å². The Labute approximate surface area is 96.5 Å². The first kappa shape index (κ1) is 14.7. The maximum absolute atomic E-state index is 11.1. The zero-order valence-corrected chi connectivity index (χ0v) is 8.93. The van der Waals surface area contributed by atoms with E-state index in [4.69, 9.17) is 16.6 Å². The van der Waals surface area contributed by atoms with Crippen molar-refractivity contribution in [2.24, 2.45) is 11.5 Å². The van der Waals surface area contributed by atoms with E-state index in [1.54, 1.807) is 0 Å². The van der Waals surface area contributed by atoms with Gasteiger partial charge in [-0.1, -0.05) is 0 Å². The highest BCUT2D eigenvalue weighted by atomic mass is 16.4. The van der Waals surface area contributed by atoms with E-state index in [1.807, 2.05) is 5.32 Å². The van der Waals surface area contributed by atoms with Crippen LogP contribution in [0.15, 0.2) is 0 Å². The molecule has 4 amide bonds. The zero-order chi connectivity index (χ0) is 13.4. The molecule has 9 heteroatoms. The molecule has 0 bridgehead atoms. The summed E-state index contributed by atoms with van der Waals surface area (Å²) in [7, 11) is 0. The Morgan fingerprint density at radius 1 is 1.12 bits per heavy atom. The molecular formula is C8H14N4O5. The van der Waals surface area contributed by atoms with E-state index < -0.39 is 36.3 Å². The summed E-state index contributed by atoms with van der Waals surface area (Å²) in [4.78, 5) is 42.6. The van der Waals surface area contributed by atoms with Crippen LogP contribution in [0, 0.1) is 0 Å². The number of rotatable bonds is 7. The van der Waals surface area contributed by atoms with E-state index in [-0.39, 0.29) is 13.0 Å². The Morgan fingerprint density at radius 2 is 1.71 bits per heavy atom. The van der Waals surface area contributed by atoms with Crippen molar-refractivity contribution in [2.75, 3.05) is 6.54 Å². The molecule has 0 heterocycles. The summed E-state index contributed by atoms with van der Waals surface area (Å²) in [5.74, 6) is -2.83. The predicted molar refractivity (Wildman–Crippen MR) is 55.6 cm³/mol. The molecule has 1 atom stereocenters. The molecule has 0 aliphatic heterocycles. The first-order valence-electron chi connectivity index (χ1n) is 4.66. The highest BCUT2D eigenvalue weighted by molar-refractivity contribution is 5.87. The first-order valence-corrected chi connectivity index (χ1v) is 4.66. The second-order valence-electron chi connectivity index (χ2n) is 3.18. The Bertz CT molecular complexity index is 330. The Balaban J connectivity index is 4.08. The number of aliphatic carboxylic acids is 1. The summed E-state index contributed by atoms with van der Waals surface area (Å²) in [5, 5.41) is 12.9. The molecule has 0 aromatic rings. The van der Waals surface area contributed by atoms with Crippen LogP contribution in [-0.4, -0.2) is 41.5 Å². The molecule has 0 fully saturated rings. The van der Waals surface area contributed by atoms with E-state index >= 15 is 0 Å². The summed E-state index contributed by atoms with van der Waals surface area (Å²) >= 11 is 0. The minimum atomic E-state index is -1.40. The lowest BCUT2D eigenvalue weighted by molar-refractivity contribution is -0.140.